The molecular formula is C18H11ClF2N2O2. The van der Waals surface area contributed by atoms with Gasteiger partial charge < -0.3 is 10.9 Å². The van der Waals surface area contributed by atoms with Gasteiger partial charge in [0.2, 0.25) is 0 Å². The molecule has 2 N–H and O–H groups in total. The summed E-state index contributed by atoms with van der Waals surface area (Å²) in [7, 11) is 0. The zero-order valence-electron chi connectivity index (χ0n) is 12.7. The number of aromatic nitrogens is 1. The largest absolute Gasteiger partial charge is 0.618 e. The molecule has 0 spiro atoms. The Kier molecular flexibility index (Phi) is 4.37. The van der Waals surface area contributed by atoms with Crippen LogP contribution in [-0.4, -0.2) is 5.78 Å². The lowest BCUT2D eigenvalue weighted by Crippen LogP contribution is -2.31. The van der Waals surface area contributed by atoms with E-state index in [4.69, 9.17) is 17.3 Å². The molecule has 126 valence electrons. The van der Waals surface area contributed by atoms with Crippen molar-refractivity contribution in [2.45, 2.75) is 0 Å². The van der Waals surface area contributed by atoms with Crippen molar-refractivity contribution in [2.24, 2.45) is 0 Å². The smallest absolute Gasteiger partial charge is 0.253 e. The van der Waals surface area contributed by atoms with Crippen LogP contribution in [0.1, 0.15) is 15.9 Å². The van der Waals surface area contributed by atoms with Gasteiger partial charge in [0.15, 0.2) is 12.0 Å². The number of halogens is 3. The van der Waals surface area contributed by atoms with Gasteiger partial charge in [-0.15, -0.1) is 0 Å². The molecule has 3 rings (SSSR count). The maximum Gasteiger partial charge on any atom is 0.253 e. The highest BCUT2D eigenvalue weighted by Gasteiger charge is 2.27. The molecule has 25 heavy (non-hydrogen) atoms. The van der Waals surface area contributed by atoms with Gasteiger partial charge in [0, 0.05) is 11.6 Å². The monoisotopic (exact) mass is 360 g/mol. The molecule has 0 saturated heterocycles. The summed E-state index contributed by atoms with van der Waals surface area (Å²) >= 11 is 6.01. The first kappa shape index (κ1) is 16.9. The van der Waals surface area contributed by atoms with E-state index in [1.807, 2.05) is 0 Å². The van der Waals surface area contributed by atoms with Gasteiger partial charge in [-0.3, -0.25) is 4.79 Å². The number of anilines is 1. The van der Waals surface area contributed by atoms with Crippen LogP contribution < -0.4 is 10.5 Å². The Morgan fingerprint density at radius 1 is 1.00 bits per heavy atom. The molecule has 0 unspecified atom stereocenters. The summed E-state index contributed by atoms with van der Waals surface area (Å²) in [5, 5.41) is 12.3. The predicted molar refractivity (Wildman–Crippen MR) is 90.1 cm³/mol. The van der Waals surface area contributed by atoms with Crippen LogP contribution in [0.2, 0.25) is 5.02 Å². The van der Waals surface area contributed by atoms with Crippen LogP contribution in [0, 0.1) is 16.8 Å². The Bertz CT molecular complexity index is 973. The Hall–Kier alpha value is -2.99. The van der Waals surface area contributed by atoms with Crippen molar-refractivity contribution in [1.82, 2.24) is 0 Å². The third kappa shape index (κ3) is 2.92. The topological polar surface area (TPSA) is 70.0 Å². The van der Waals surface area contributed by atoms with Crippen LogP contribution in [0.15, 0.2) is 54.7 Å². The Morgan fingerprint density at radius 2 is 1.64 bits per heavy atom. The normalized spacial score (nSPS) is 10.7. The minimum atomic E-state index is -0.960. The van der Waals surface area contributed by atoms with Crippen molar-refractivity contribution in [3.8, 4) is 11.3 Å². The molecule has 0 aliphatic rings. The summed E-state index contributed by atoms with van der Waals surface area (Å²) in [6.07, 6.45) is 0.974. The van der Waals surface area contributed by atoms with Crippen LogP contribution in [-0.2, 0) is 0 Å². The fraction of sp³-hybridized carbons (Fsp3) is 0. The van der Waals surface area contributed by atoms with E-state index in [9.17, 15) is 18.8 Å². The van der Waals surface area contributed by atoms with Gasteiger partial charge in [-0.05, 0) is 24.3 Å². The van der Waals surface area contributed by atoms with Crippen molar-refractivity contribution >= 4 is 23.1 Å². The number of benzene rings is 2. The number of hydrogen-bond donors (Lipinski definition) is 1. The van der Waals surface area contributed by atoms with Gasteiger partial charge in [0.25, 0.3) is 5.69 Å². The van der Waals surface area contributed by atoms with Crippen LogP contribution >= 0.6 is 11.6 Å². The van der Waals surface area contributed by atoms with Crippen molar-refractivity contribution in [3.05, 3.63) is 87.7 Å². The highest BCUT2D eigenvalue weighted by molar-refractivity contribution is 6.35. The highest BCUT2D eigenvalue weighted by Crippen LogP contribution is 2.31. The number of ketones is 1. The zero-order valence-corrected chi connectivity index (χ0v) is 13.4. The molecule has 0 saturated carbocycles. The summed E-state index contributed by atoms with van der Waals surface area (Å²) in [5.74, 6) is -2.47. The van der Waals surface area contributed by atoms with Gasteiger partial charge >= 0.3 is 0 Å². The van der Waals surface area contributed by atoms with Crippen LogP contribution in [0.5, 0.6) is 0 Å². The minimum Gasteiger partial charge on any atom is -0.618 e. The summed E-state index contributed by atoms with van der Waals surface area (Å²) in [5.41, 5.74) is 4.63. The maximum atomic E-state index is 14.1. The van der Waals surface area contributed by atoms with Crippen LogP contribution in [0.25, 0.3) is 11.3 Å². The lowest BCUT2D eigenvalue weighted by Gasteiger charge is -2.12. The lowest BCUT2D eigenvalue weighted by molar-refractivity contribution is -0.593. The number of nitrogen functional groups attached to an aromatic ring is 1. The van der Waals surface area contributed by atoms with Gasteiger partial charge in [-0.1, -0.05) is 29.8 Å². The highest BCUT2D eigenvalue weighted by atomic mass is 35.5. The van der Waals surface area contributed by atoms with E-state index in [0.717, 1.165) is 24.4 Å². The molecule has 4 nitrogen and oxygen atoms in total. The van der Waals surface area contributed by atoms with Gasteiger partial charge in [-0.25, -0.2) is 8.78 Å². The van der Waals surface area contributed by atoms with E-state index < -0.39 is 28.7 Å². The van der Waals surface area contributed by atoms with E-state index in [1.165, 1.54) is 18.2 Å². The summed E-state index contributed by atoms with van der Waals surface area (Å²) in [4.78, 5) is 12.7. The maximum absolute atomic E-state index is 14.1. The predicted octanol–water partition coefficient (Wildman–Crippen LogP) is 3.73. The fourth-order valence-electron chi connectivity index (χ4n) is 2.51. The first-order valence-electron chi connectivity index (χ1n) is 7.17. The van der Waals surface area contributed by atoms with Crippen molar-refractivity contribution in [2.75, 3.05) is 5.73 Å². The molecule has 0 aliphatic heterocycles. The van der Waals surface area contributed by atoms with Gasteiger partial charge in [0.05, 0.1) is 10.6 Å². The van der Waals surface area contributed by atoms with Crippen molar-refractivity contribution in [1.29, 1.82) is 0 Å². The summed E-state index contributed by atoms with van der Waals surface area (Å²) in [6, 6.07) is 10.6. The SMILES string of the molecule is Nc1c(C(=O)c2ccccc2Cl)cc[n+]([O-])c1-c1c(F)cccc1F. The number of hydrogen-bond acceptors (Lipinski definition) is 3. The number of carbonyl (C=O) groups excluding carboxylic acids is 1. The van der Waals surface area contributed by atoms with Gasteiger partial charge in [0.1, 0.15) is 22.9 Å². The molecule has 3 aromatic rings. The average molecular weight is 361 g/mol. The molecule has 1 aromatic heterocycles. The van der Waals surface area contributed by atoms with Crippen LogP contribution in [0.4, 0.5) is 14.5 Å². The Balaban J connectivity index is 2.23. The Morgan fingerprint density at radius 3 is 2.28 bits per heavy atom. The second kappa shape index (κ2) is 6.49. The fourth-order valence-corrected chi connectivity index (χ4v) is 2.73. The molecule has 0 fully saturated rings. The first-order valence-corrected chi connectivity index (χ1v) is 7.55. The van der Waals surface area contributed by atoms with Crippen LogP contribution in [0.3, 0.4) is 0 Å². The second-order valence-electron chi connectivity index (χ2n) is 5.22. The van der Waals surface area contributed by atoms with E-state index in [0.29, 0.717) is 0 Å². The molecule has 0 amide bonds. The molecule has 2 aromatic carbocycles. The number of carbonyl (C=O) groups is 1. The molecule has 0 atom stereocenters. The van der Waals surface area contributed by atoms with Crippen molar-refractivity contribution < 1.29 is 18.3 Å². The summed E-state index contributed by atoms with van der Waals surface area (Å²) in [6.45, 7) is 0. The quantitative estimate of drug-likeness (QED) is 0.439. The van der Waals surface area contributed by atoms with E-state index in [1.54, 1.807) is 12.1 Å². The summed E-state index contributed by atoms with van der Waals surface area (Å²) < 4.78 is 28.3. The number of nitrogens with zero attached hydrogens (tertiary/aromatic N) is 1. The van der Waals surface area contributed by atoms with Gasteiger partial charge in [-0.2, -0.15) is 4.73 Å². The third-order valence-corrected chi connectivity index (χ3v) is 4.03. The molecular weight excluding hydrogens is 350 g/mol. The number of pyridine rings is 1. The Labute approximate surface area is 146 Å². The van der Waals surface area contributed by atoms with E-state index in [2.05, 4.69) is 0 Å². The van der Waals surface area contributed by atoms with Crippen molar-refractivity contribution in [3.63, 3.8) is 0 Å². The minimum absolute atomic E-state index is 0.0714. The zero-order chi connectivity index (χ0) is 18.1. The second-order valence-corrected chi connectivity index (χ2v) is 5.63. The molecule has 0 bridgehead atoms. The standard InChI is InChI=1S/C18H11ClF2N2O2/c19-12-5-2-1-4-10(12)18(24)11-8-9-23(25)17(16(11)22)15-13(20)6-3-7-14(15)21/h1-9H,22H2. The molecule has 1 heterocycles. The first-order chi connectivity index (χ1) is 11.9. The molecule has 7 heteroatoms. The number of nitrogens with two attached hydrogens (primary N) is 1. The molecule has 0 radical (unpaired) electrons. The average Bonchev–Trinajstić information content (AvgIpc) is 2.57. The number of rotatable bonds is 3. The lowest BCUT2D eigenvalue weighted by atomic mass is 9.99. The molecule has 0 aliphatic carbocycles. The van der Waals surface area contributed by atoms with E-state index >= 15 is 0 Å². The van der Waals surface area contributed by atoms with E-state index in [-0.39, 0.29) is 26.6 Å². The third-order valence-electron chi connectivity index (χ3n) is 3.70.